The van der Waals surface area contributed by atoms with E-state index >= 15 is 0 Å². The molecule has 2 unspecified atom stereocenters. The van der Waals surface area contributed by atoms with Gasteiger partial charge in [-0.3, -0.25) is 4.79 Å². The van der Waals surface area contributed by atoms with Crippen molar-refractivity contribution in [3.63, 3.8) is 0 Å². The molecule has 1 fully saturated rings. The maximum Gasteiger partial charge on any atom is 0.308 e. The van der Waals surface area contributed by atoms with E-state index < -0.39 is 5.97 Å². The van der Waals surface area contributed by atoms with Gasteiger partial charge in [0, 0.05) is 11.4 Å². The van der Waals surface area contributed by atoms with E-state index in [-0.39, 0.29) is 12.0 Å². The van der Waals surface area contributed by atoms with Crippen LogP contribution in [0.1, 0.15) is 25.7 Å². The number of carbonyl (C=O) groups is 1. The Kier molecular flexibility index (Phi) is 3.54. The highest BCUT2D eigenvalue weighted by atomic mass is 16.4. The van der Waals surface area contributed by atoms with E-state index in [4.69, 9.17) is 0 Å². The van der Waals surface area contributed by atoms with Crippen molar-refractivity contribution in [3.05, 3.63) is 36.4 Å². The molecule has 0 spiro atoms. The van der Waals surface area contributed by atoms with Gasteiger partial charge in [0.15, 0.2) is 0 Å². The SMILES string of the molecule is O=C(O)C1CCCCC1Nc1ccc2ccccc2n1. The van der Waals surface area contributed by atoms with Gasteiger partial charge in [0.05, 0.1) is 11.4 Å². The van der Waals surface area contributed by atoms with Crippen molar-refractivity contribution in [2.75, 3.05) is 5.32 Å². The number of fused-ring (bicyclic) bond motifs is 1. The summed E-state index contributed by atoms with van der Waals surface area (Å²) in [5.41, 5.74) is 0.931. The summed E-state index contributed by atoms with van der Waals surface area (Å²) in [5, 5.41) is 13.7. The summed E-state index contributed by atoms with van der Waals surface area (Å²) < 4.78 is 0. The Morgan fingerprint density at radius 2 is 1.95 bits per heavy atom. The predicted octanol–water partition coefficient (Wildman–Crippen LogP) is 3.29. The molecule has 20 heavy (non-hydrogen) atoms. The topological polar surface area (TPSA) is 62.2 Å². The highest BCUT2D eigenvalue weighted by molar-refractivity contribution is 5.80. The van der Waals surface area contributed by atoms with Crippen molar-refractivity contribution >= 4 is 22.7 Å². The lowest BCUT2D eigenvalue weighted by Gasteiger charge is -2.29. The molecule has 1 aliphatic rings. The van der Waals surface area contributed by atoms with Crippen LogP contribution in [-0.4, -0.2) is 22.1 Å². The fourth-order valence-corrected chi connectivity index (χ4v) is 2.94. The monoisotopic (exact) mass is 270 g/mol. The molecule has 0 saturated heterocycles. The molecule has 4 heteroatoms. The van der Waals surface area contributed by atoms with Crippen LogP contribution in [0.25, 0.3) is 10.9 Å². The number of hydrogen-bond acceptors (Lipinski definition) is 3. The fourth-order valence-electron chi connectivity index (χ4n) is 2.94. The van der Waals surface area contributed by atoms with Crippen LogP contribution < -0.4 is 5.32 Å². The van der Waals surface area contributed by atoms with Crippen molar-refractivity contribution in [2.24, 2.45) is 5.92 Å². The summed E-state index contributed by atoms with van der Waals surface area (Å²) >= 11 is 0. The molecule has 1 saturated carbocycles. The van der Waals surface area contributed by atoms with Crippen LogP contribution in [-0.2, 0) is 4.79 Å². The van der Waals surface area contributed by atoms with E-state index in [1.165, 1.54) is 0 Å². The predicted molar refractivity (Wildman–Crippen MR) is 78.7 cm³/mol. The van der Waals surface area contributed by atoms with E-state index in [0.29, 0.717) is 0 Å². The van der Waals surface area contributed by atoms with Crippen molar-refractivity contribution in [3.8, 4) is 0 Å². The maximum atomic E-state index is 11.3. The van der Waals surface area contributed by atoms with Crippen LogP contribution in [0, 0.1) is 5.92 Å². The smallest absolute Gasteiger partial charge is 0.308 e. The summed E-state index contributed by atoms with van der Waals surface area (Å²) in [5.74, 6) is -0.248. The van der Waals surface area contributed by atoms with E-state index in [2.05, 4.69) is 10.3 Å². The minimum absolute atomic E-state index is 0.0186. The number of para-hydroxylation sites is 1. The minimum Gasteiger partial charge on any atom is -0.481 e. The second kappa shape index (κ2) is 5.49. The van der Waals surface area contributed by atoms with E-state index in [0.717, 1.165) is 42.4 Å². The third-order valence-corrected chi connectivity index (χ3v) is 4.01. The van der Waals surface area contributed by atoms with Crippen LogP contribution in [0.5, 0.6) is 0 Å². The number of aromatic nitrogens is 1. The standard InChI is InChI=1S/C16H18N2O2/c19-16(20)12-6-2-4-8-14(12)18-15-10-9-11-5-1-3-7-13(11)17-15/h1,3,5,7,9-10,12,14H,2,4,6,8H2,(H,17,18)(H,19,20). The molecule has 0 amide bonds. The van der Waals surface area contributed by atoms with E-state index in [1.807, 2.05) is 36.4 Å². The van der Waals surface area contributed by atoms with Gasteiger partial charge in [0.25, 0.3) is 0 Å². The summed E-state index contributed by atoms with van der Waals surface area (Å²) in [6, 6.07) is 11.9. The average molecular weight is 270 g/mol. The largest absolute Gasteiger partial charge is 0.481 e. The normalized spacial score (nSPS) is 22.6. The molecular formula is C16H18N2O2. The highest BCUT2D eigenvalue weighted by Gasteiger charge is 2.30. The van der Waals surface area contributed by atoms with Crippen molar-refractivity contribution in [1.29, 1.82) is 0 Å². The van der Waals surface area contributed by atoms with Gasteiger partial charge < -0.3 is 10.4 Å². The number of benzene rings is 1. The molecule has 1 aromatic heterocycles. The average Bonchev–Trinajstić information content (AvgIpc) is 2.47. The Morgan fingerprint density at radius 1 is 1.15 bits per heavy atom. The van der Waals surface area contributed by atoms with E-state index in [1.54, 1.807) is 0 Å². The van der Waals surface area contributed by atoms with Gasteiger partial charge in [0.2, 0.25) is 0 Å². The third kappa shape index (κ3) is 2.59. The van der Waals surface area contributed by atoms with Gasteiger partial charge in [-0.25, -0.2) is 4.98 Å². The molecular weight excluding hydrogens is 252 g/mol. The highest BCUT2D eigenvalue weighted by Crippen LogP contribution is 2.27. The number of pyridine rings is 1. The zero-order valence-corrected chi connectivity index (χ0v) is 11.2. The molecule has 2 N–H and O–H groups in total. The number of carboxylic acid groups (broad SMARTS) is 1. The van der Waals surface area contributed by atoms with Crippen LogP contribution in [0.3, 0.4) is 0 Å². The number of hydrogen-bond donors (Lipinski definition) is 2. The zero-order valence-electron chi connectivity index (χ0n) is 11.2. The molecule has 0 radical (unpaired) electrons. The molecule has 0 bridgehead atoms. The second-order valence-corrected chi connectivity index (χ2v) is 5.37. The van der Waals surface area contributed by atoms with Crippen LogP contribution in [0.15, 0.2) is 36.4 Å². The summed E-state index contributed by atoms with van der Waals surface area (Å²) in [6.45, 7) is 0. The molecule has 0 aliphatic heterocycles. The lowest BCUT2D eigenvalue weighted by atomic mass is 9.84. The second-order valence-electron chi connectivity index (χ2n) is 5.37. The number of rotatable bonds is 3. The summed E-state index contributed by atoms with van der Waals surface area (Å²) in [7, 11) is 0. The summed E-state index contributed by atoms with van der Waals surface area (Å²) in [6.07, 6.45) is 3.72. The first-order chi connectivity index (χ1) is 9.74. The number of anilines is 1. The van der Waals surface area contributed by atoms with Crippen molar-refractivity contribution < 1.29 is 9.90 Å². The zero-order chi connectivity index (χ0) is 13.9. The van der Waals surface area contributed by atoms with Gasteiger partial charge in [-0.15, -0.1) is 0 Å². The Morgan fingerprint density at radius 3 is 2.80 bits per heavy atom. The van der Waals surface area contributed by atoms with Gasteiger partial charge in [-0.05, 0) is 31.0 Å². The number of nitrogens with zero attached hydrogens (tertiary/aromatic N) is 1. The molecule has 2 aromatic rings. The molecule has 4 nitrogen and oxygen atoms in total. The van der Waals surface area contributed by atoms with Crippen molar-refractivity contribution in [1.82, 2.24) is 4.98 Å². The Hall–Kier alpha value is -2.10. The maximum absolute atomic E-state index is 11.3. The molecule has 2 atom stereocenters. The third-order valence-electron chi connectivity index (χ3n) is 4.01. The first-order valence-electron chi connectivity index (χ1n) is 7.09. The minimum atomic E-state index is -0.706. The van der Waals surface area contributed by atoms with Crippen LogP contribution >= 0.6 is 0 Å². The Labute approximate surface area is 117 Å². The quantitative estimate of drug-likeness (QED) is 0.898. The number of aliphatic carboxylic acids is 1. The fraction of sp³-hybridized carbons (Fsp3) is 0.375. The molecule has 1 aromatic carbocycles. The van der Waals surface area contributed by atoms with Crippen LogP contribution in [0.2, 0.25) is 0 Å². The van der Waals surface area contributed by atoms with Gasteiger partial charge >= 0.3 is 5.97 Å². The van der Waals surface area contributed by atoms with E-state index in [9.17, 15) is 9.90 Å². The summed E-state index contributed by atoms with van der Waals surface area (Å²) in [4.78, 5) is 15.9. The molecule has 104 valence electrons. The van der Waals surface area contributed by atoms with Crippen LogP contribution in [0.4, 0.5) is 5.82 Å². The molecule has 3 rings (SSSR count). The van der Waals surface area contributed by atoms with Gasteiger partial charge in [-0.2, -0.15) is 0 Å². The van der Waals surface area contributed by atoms with Gasteiger partial charge in [-0.1, -0.05) is 31.0 Å². The lowest BCUT2D eigenvalue weighted by molar-refractivity contribution is -0.143. The Bertz CT molecular complexity index is 627. The molecule has 1 heterocycles. The number of nitrogens with one attached hydrogen (secondary N) is 1. The lowest BCUT2D eigenvalue weighted by Crippen LogP contribution is -2.37. The Balaban J connectivity index is 1.82. The van der Waals surface area contributed by atoms with Gasteiger partial charge in [0.1, 0.15) is 5.82 Å². The first kappa shape index (κ1) is 12.9. The number of carboxylic acids is 1. The first-order valence-corrected chi connectivity index (χ1v) is 7.09. The van der Waals surface area contributed by atoms with Crippen molar-refractivity contribution in [2.45, 2.75) is 31.7 Å². The molecule has 1 aliphatic carbocycles.